The summed E-state index contributed by atoms with van der Waals surface area (Å²) in [6, 6.07) is 6.04. The average molecular weight is 250 g/mol. The van der Waals surface area contributed by atoms with E-state index in [0.29, 0.717) is 11.1 Å². The molecule has 2 N–H and O–H groups in total. The molecule has 0 aliphatic carbocycles. The molecule has 0 amide bonds. The maximum absolute atomic E-state index is 6.09. The molecule has 1 aliphatic rings. The first kappa shape index (κ1) is 10.5. The van der Waals surface area contributed by atoms with Gasteiger partial charge in [0.25, 0.3) is 0 Å². The summed E-state index contributed by atoms with van der Waals surface area (Å²) in [6.45, 7) is 0.750. The zero-order valence-corrected chi connectivity index (χ0v) is 10.2. The topological polar surface area (TPSA) is 53.1 Å². The molecule has 0 radical (unpaired) electrons. The number of fused-ring (bicyclic) bond motifs is 1. The molecule has 5 heteroatoms. The molecular formula is C12H12ClN3O. The molecule has 1 aliphatic heterocycles. The maximum atomic E-state index is 6.09. The first-order chi connectivity index (χ1) is 8.16. The van der Waals surface area contributed by atoms with Crippen LogP contribution in [-0.4, -0.2) is 16.2 Å². The number of nitrogens with zero attached hydrogens (tertiary/aromatic N) is 2. The number of halogens is 1. The van der Waals surface area contributed by atoms with Crippen LogP contribution in [0.2, 0.25) is 5.15 Å². The molecule has 2 heterocycles. The lowest BCUT2D eigenvalue weighted by atomic mass is 10.1. The molecule has 2 aromatic rings. The number of nitrogen functional groups attached to an aromatic ring is 1. The molecule has 17 heavy (non-hydrogen) atoms. The van der Waals surface area contributed by atoms with Crippen LogP contribution in [0.3, 0.4) is 0 Å². The van der Waals surface area contributed by atoms with Crippen LogP contribution in [-0.2, 0) is 13.5 Å². The van der Waals surface area contributed by atoms with Crippen molar-refractivity contribution in [1.29, 1.82) is 0 Å². The van der Waals surface area contributed by atoms with Crippen LogP contribution < -0.4 is 10.5 Å². The van der Waals surface area contributed by atoms with Gasteiger partial charge in [0.1, 0.15) is 5.75 Å². The fourth-order valence-corrected chi connectivity index (χ4v) is 2.45. The van der Waals surface area contributed by atoms with Crippen molar-refractivity contribution in [2.75, 3.05) is 12.3 Å². The van der Waals surface area contributed by atoms with Crippen molar-refractivity contribution in [3.05, 3.63) is 28.9 Å². The minimum absolute atomic E-state index is 0.418. The van der Waals surface area contributed by atoms with Gasteiger partial charge >= 0.3 is 0 Å². The second kappa shape index (κ2) is 3.67. The van der Waals surface area contributed by atoms with Crippen molar-refractivity contribution < 1.29 is 4.74 Å². The zero-order valence-electron chi connectivity index (χ0n) is 9.40. The van der Waals surface area contributed by atoms with Crippen LogP contribution in [0.4, 0.5) is 5.95 Å². The molecule has 0 fully saturated rings. The second-order valence-electron chi connectivity index (χ2n) is 4.09. The number of hydrogen-bond donors (Lipinski definition) is 1. The van der Waals surface area contributed by atoms with Gasteiger partial charge < -0.3 is 15.0 Å². The largest absolute Gasteiger partial charge is 0.493 e. The van der Waals surface area contributed by atoms with Gasteiger partial charge in [0, 0.05) is 19.0 Å². The molecule has 0 saturated heterocycles. The average Bonchev–Trinajstić information content (AvgIpc) is 2.84. The third kappa shape index (κ3) is 1.56. The third-order valence-electron chi connectivity index (χ3n) is 3.05. The number of aromatic nitrogens is 2. The lowest BCUT2D eigenvalue weighted by Crippen LogP contribution is -1.98. The van der Waals surface area contributed by atoms with E-state index >= 15 is 0 Å². The van der Waals surface area contributed by atoms with E-state index in [9.17, 15) is 0 Å². The molecule has 0 saturated carbocycles. The highest BCUT2D eigenvalue weighted by Crippen LogP contribution is 2.34. The molecule has 3 rings (SSSR count). The van der Waals surface area contributed by atoms with Gasteiger partial charge in [0.2, 0.25) is 5.95 Å². The van der Waals surface area contributed by atoms with Crippen molar-refractivity contribution in [2.24, 2.45) is 7.05 Å². The summed E-state index contributed by atoms with van der Waals surface area (Å²) >= 11 is 6.09. The summed E-state index contributed by atoms with van der Waals surface area (Å²) < 4.78 is 7.27. The first-order valence-electron chi connectivity index (χ1n) is 5.40. The minimum Gasteiger partial charge on any atom is -0.493 e. The number of benzene rings is 1. The Hall–Kier alpha value is -1.68. The van der Waals surface area contributed by atoms with Gasteiger partial charge in [-0.3, -0.25) is 0 Å². The first-order valence-corrected chi connectivity index (χ1v) is 5.78. The highest BCUT2D eigenvalue weighted by atomic mass is 35.5. The molecule has 1 aromatic carbocycles. The highest BCUT2D eigenvalue weighted by Gasteiger charge is 2.17. The van der Waals surface area contributed by atoms with Crippen molar-refractivity contribution in [3.8, 4) is 17.0 Å². The van der Waals surface area contributed by atoms with E-state index in [1.54, 1.807) is 4.57 Å². The van der Waals surface area contributed by atoms with Crippen molar-refractivity contribution >= 4 is 17.5 Å². The van der Waals surface area contributed by atoms with E-state index in [1.807, 2.05) is 19.2 Å². The minimum atomic E-state index is 0.418. The van der Waals surface area contributed by atoms with Gasteiger partial charge in [-0.1, -0.05) is 11.6 Å². The van der Waals surface area contributed by atoms with E-state index in [0.717, 1.165) is 30.0 Å². The smallest absolute Gasteiger partial charge is 0.201 e. The standard InChI is InChI=1S/C12H12ClN3O/c1-16-10(11(13)15-12(16)14)8-2-3-9-7(6-8)4-5-17-9/h2-3,6H,4-5H2,1H3,(H2,14,15). The molecule has 0 unspecified atom stereocenters. The molecule has 88 valence electrons. The summed E-state index contributed by atoms with van der Waals surface area (Å²) in [5.41, 5.74) is 8.81. The molecule has 4 nitrogen and oxygen atoms in total. The summed E-state index contributed by atoms with van der Waals surface area (Å²) in [7, 11) is 1.85. The number of hydrogen-bond acceptors (Lipinski definition) is 3. The van der Waals surface area contributed by atoms with Crippen LogP contribution in [0, 0.1) is 0 Å². The van der Waals surface area contributed by atoms with E-state index in [4.69, 9.17) is 22.1 Å². The highest BCUT2D eigenvalue weighted by molar-refractivity contribution is 6.32. The lowest BCUT2D eigenvalue weighted by Gasteiger charge is -2.06. The SMILES string of the molecule is Cn1c(N)nc(Cl)c1-c1ccc2c(c1)CCO2. The van der Waals surface area contributed by atoms with Gasteiger partial charge in [-0.2, -0.15) is 0 Å². The molecule has 0 bridgehead atoms. The summed E-state index contributed by atoms with van der Waals surface area (Å²) in [6.07, 6.45) is 0.939. The lowest BCUT2D eigenvalue weighted by molar-refractivity contribution is 0.357. The van der Waals surface area contributed by atoms with Gasteiger partial charge in [0.15, 0.2) is 5.15 Å². The summed E-state index contributed by atoms with van der Waals surface area (Å²) in [5.74, 6) is 1.38. The van der Waals surface area contributed by atoms with Gasteiger partial charge in [-0.05, 0) is 23.8 Å². The fraction of sp³-hybridized carbons (Fsp3) is 0.250. The van der Waals surface area contributed by atoms with E-state index in [1.165, 1.54) is 5.56 Å². The van der Waals surface area contributed by atoms with Crippen molar-refractivity contribution in [2.45, 2.75) is 6.42 Å². The third-order valence-corrected chi connectivity index (χ3v) is 3.31. The molecular weight excluding hydrogens is 238 g/mol. The Balaban J connectivity index is 2.15. The Morgan fingerprint density at radius 1 is 1.47 bits per heavy atom. The van der Waals surface area contributed by atoms with Crippen LogP contribution >= 0.6 is 11.6 Å². The van der Waals surface area contributed by atoms with Gasteiger partial charge in [-0.25, -0.2) is 4.98 Å². The second-order valence-corrected chi connectivity index (χ2v) is 4.45. The predicted molar refractivity (Wildman–Crippen MR) is 67.3 cm³/mol. The van der Waals surface area contributed by atoms with Crippen LogP contribution in [0.1, 0.15) is 5.56 Å². The monoisotopic (exact) mass is 249 g/mol. The Kier molecular flexibility index (Phi) is 2.26. The predicted octanol–water partition coefficient (Wildman–Crippen LogP) is 2.26. The van der Waals surface area contributed by atoms with E-state index in [2.05, 4.69) is 11.1 Å². The number of imidazole rings is 1. The van der Waals surface area contributed by atoms with Crippen molar-refractivity contribution in [3.63, 3.8) is 0 Å². The Morgan fingerprint density at radius 3 is 3.00 bits per heavy atom. The summed E-state index contributed by atoms with van der Waals surface area (Å²) in [4.78, 5) is 4.06. The fourth-order valence-electron chi connectivity index (χ4n) is 2.13. The van der Waals surface area contributed by atoms with E-state index in [-0.39, 0.29) is 0 Å². The van der Waals surface area contributed by atoms with Crippen molar-refractivity contribution in [1.82, 2.24) is 9.55 Å². The normalized spacial score (nSPS) is 13.5. The molecule has 1 aromatic heterocycles. The van der Waals surface area contributed by atoms with E-state index < -0.39 is 0 Å². The van der Waals surface area contributed by atoms with Gasteiger partial charge in [0.05, 0.1) is 12.3 Å². The quantitative estimate of drug-likeness (QED) is 0.844. The Morgan fingerprint density at radius 2 is 2.29 bits per heavy atom. The molecule has 0 atom stereocenters. The number of rotatable bonds is 1. The Labute approximate surface area is 104 Å². The number of ether oxygens (including phenoxy) is 1. The zero-order chi connectivity index (χ0) is 12.0. The number of anilines is 1. The molecule has 0 spiro atoms. The Bertz CT molecular complexity index is 592. The summed E-state index contributed by atoms with van der Waals surface area (Å²) in [5, 5.41) is 0.434. The van der Waals surface area contributed by atoms with Crippen LogP contribution in [0.25, 0.3) is 11.3 Å². The van der Waals surface area contributed by atoms with Gasteiger partial charge in [-0.15, -0.1) is 0 Å². The maximum Gasteiger partial charge on any atom is 0.201 e. The van der Waals surface area contributed by atoms with Crippen LogP contribution in [0.15, 0.2) is 18.2 Å². The number of nitrogens with two attached hydrogens (primary N) is 1. The van der Waals surface area contributed by atoms with Crippen LogP contribution in [0.5, 0.6) is 5.75 Å².